The molecule has 0 fully saturated rings. The molecule has 58 heavy (non-hydrogen) atoms. The summed E-state index contributed by atoms with van der Waals surface area (Å²) in [5, 5.41) is 0. The summed E-state index contributed by atoms with van der Waals surface area (Å²) >= 11 is 0. The van der Waals surface area contributed by atoms with Crippen LogP contribution in [0.4, 0.5) is 0 Å². The second-order valence-corrected chi connectivity index (χ2v) is 18.8. The Morgan fingerprint density at radius 3 is 0.897 bits per heavy atom. The van der Waals surface area contributed by atoms with Crippen molar-refractivity contribution in [1.29, 1.82) is 0 Å². The minimum Gasteiger partial charge on any atom is -0.462 e. The molecule has 0 radical (unpaired) electrons. The molecule has 0 aromatic rings. The van der Waals surface area contributed by atoms with Gasteiger partial charge in [0.05, 0.1) is 0 Å². The first-order valence-electron chi connectivity index (χ1n) is 25.7. The lowest BCUT2D eigenvalue weighted by Crippen LogP contribution is -2.30. The number of ether oxygens (including phenoxy) is 3. The number of carbonyl (C=O) groups is 3. The van der Waals surface area contributed by atoms with E-state index in [9.17, 15) is 14.4 Å². The fourth-order valence-corrected chi connectivity index (χ4v) is 7.70. The van der Waals surface area contributed by atoms with E-state index in [4.69, 9.17) is 14.2 Å². The van der Waals surface area contributed by atoms with E-state index in [1.807, 2.05) is 0 Å². The van der Waals surface area contributed by atoms with Gasteiger partial charge in [-0.15, -0.1) is 0 Å². The van der Waals surface area contributed by atoms with Crippen LogP contribution in [-0.2, 0) is 28.6 Å². The summed E-state index contributed by atoms with van der Waals surface area (Å²) in [6, 6.07) is 0. The predicted molar refractivity (Wildman–Crippen MR) is 247 cm³/mol. The largest absolute Gasteiger partial charge is 0.462 e. The predicted octanol–water partition coefficient (Wildman–Crippen LogP) is 16.4. The van der Waals surface area contributed by atoms with Gasteiger partial charge in [0.2, 0.25) is 0 Å². The Labute approximate surface area is 361 Å². The van der Waals surface area contributed by atoms with Crippen molar-refractivity contribution in [3.63, 3.8) is 0 Å². The van der Waals surface area contributed by atoms with E-state index >= 15 is 0 Å². The van der Waals surface area contributed by atoms with Crippen LogP contribution in [0.5, 0.6) is 0 Å². The molecule has 0 aromatic carbocycles. The molecule has 0 spiro atoms. The van der Waals surface area contributed by atoms with Crippen LogP contribution < -0.4 is 0 Å². The SMILES string of the molecule is CCC(C)CCCCCCCCCCCCCCCCC(=O)O[C@H](COC(=O)CCCCCCCCCCCC(C)C)COC(=O)CCCCCCCCC(C)CC. The van der Waals surface area contributed by atoms with Crippen LogP contribution in [0.1, 0.15) is 279 Å². The molecule has 6 heteroatoms. The molecule has 0 saturated heterocycles. The summed E-state index contributed by atoms with van der Waals surface area (Å²) in [5.74, 6) is 1.66. The van der Waals surface area contributed by atoms with Crippen molar-refractivity contribution in [2.45, 2.75) is 285 Å². The molecule has 0 rings (SSSR count). The van der Waals surface area contributed by atoms with Crippen LogP contribution in [0.2, 0.25) is 0 Å². The van der Waals surface area contributed by atoms with Crippen LogP contribution in [-0.4, -0.2) is 37.2 Å². The van der Waals surface area contributed by atoms with Crippen molar-refractivity contribution >= 4 is 17.9 Å². The molecule has 0 aromatic heterocycles. The smallest absolute Gasteiger partial charge is 0.306 e. The van der Waals surface area contributed by atoms with E-state index in [0.29, 0.717) is 19.3 Å². The van der Waals surface area contributed by atoms with Crippen molar-refractivity contribution in [1.82, 2.24) is 0 Å². The number of esters is 3. The Balaban J connectivity index is 4.29. The number of unbranched alkanes of at least 4 members (excludes halogenated alkanes) is 26. The molecule has 3 atom stereocenters. The first-order valence-corrected chi connectivity index (χ1v) is 25.7. The summed E-state index contributed by atoms with van der Waals surface area (Å²) in [7, 11) is 0. The highest BCUT2D eigenvalue weighted by Crippen LogP contribution is 2.18. The highest BCUT2D eigenvalue weighted by atomic mass is 16.6. The molecule has 0 saturated carbocycles. The van der Waals surface area contributed by atoms with Gasteiger partial charge in [0.15, 0.2) is 6.10 Å². The lowest BCUT2D eigenvalue weighted by atomic mass is 9.99. The van der Waals surface area contributed by atoms with Gasteiger partial charge in [0, 0.05) is 19.3 Å². The van der Waals surface area contributed by atoms with Gasteiger partial charge in [-0.25, -0.2) is 0 Å². The quantitative estimate of drug-likeness (QED) is 0.0346. The molecule has 6 nitrogen and oxygen atoms in total. The van der Waals surface area contributed by atoms with Crippen molar-refractivity contribution in [2.24, 2.45) is 17.8 Å². The summed E-state index contributed by atoms with van der Waals surface area (Å²) < 4.78 is 16.8. The number of rotatable bonds is 45. The molecule has 0 aliphatic heterocycles. The number of hydrogen-bond donors (Lipinski definition) is 0. The summed E-state index contributed by atoms with van der Waals surface area (Å²) in [6.45, 7) is 13.7. The van der Waals surface area contributed by atoms with Gasteiger partial charge in [-0.1, -0.05) is 241 Å². The fraction of sp³-hybridized carbons (Fsp3) is 0.942. The van der Waals surface area contributed by atoms with Gasteiger partial charge in [-0.3, -0.25) is 14.4 Å². The topological polar surface area (TPSA) is 78.9 Å². The second-order valence-electron chi connectivity index (χ2n) is 18.8. The van der Waals surface area contributed by atoms with Crippen molar-refractivity contribution < 1.29 is 28.6 Å². The van der Waals surface area contributed by atoms with Gasteiger partial charge in [0.1, 0.15) is 13.2 Å². The van der Waals surface area contributed by atoms with Gasteiger partial charge in [-0.05, 0) is 37.0 Å². The van der Waals surface area contributed by atoms with E-state index in [0.717, 1.165) is 75.5 Å². The molecule has 0 aliphatic rings. The average Bonchev–Trinajstić information content (AvgIpc) is 3.21. The molecule has 0 aliphatic carbocycles. The molecule has 0 bridgehead atoms. The van der Waals surface area contributed by atoms with Gasteiger partial charge in [0.25, 0.3) is 0 Å². The molecule has 0 N–H and O–H groups in total. The third kappa shape index (κ3) is 42.5. The third-order valence-corrected chi connectivity index (χ3v) is 12.4. The maximum absolute atomic E-state index is 12.8. The van der Waals surface area contributed by atoms with Crippen LogP contribution in [0.15, 0.2) is 0 Å². The highest BCUT2D eigenvalue weighted by molar-refractivity contribution is 5.71. The Kier molecular flexibility index (Phi) is 42.3. The molecular weight excluding hydrogens is 721 g/mol. The van der Waals surface area contributed by atoms with E-state index in [1.54, 1.807) is 0 Å². The fourth-order valence-electron chi connectivity index (χ4n) is 7.70. The van der Waals surface area contributed by atoms with Gasteiger partial charge < -0.3 is 14.2 Å². The first kappa shape index (κ1) is 56.4. The highest BCUT2D eigenvalue weighted by Gasteiger charge is 2.19. The number of carbonyl (C=O) groups excluding carboxylic acids is 3. The standard InChI is InChI=1S/C52H100O6/c1-7-47(5)39-33-27-21-17-13-11-9-10-12-14-18-23-31-37-43-52(55)58-49(45-57-51(54)42-36-30-25-24-28-34-40-48(6)8-2)44-56-50(53)41-35-29-22-19-15-16-20-26-32-38-46(3)4/h46-49H,7-45H2,1-6H3/t47?,48?,49-/m1/s1. The second kappa shape index (κ2) is 43.5. The third-order valence-electron chi connectivity index (χ3n) is 12.4. The van der Waals surface area contributed by atoms with Gasteiger partial charge >= 0.3 is 17.9 Å². The first-order chi connectivity index (χ1) is 28.2. The minimum atomic E-state index is -0.763. The lowest BCUT2D eigenvalue weighted by Gasteiger charge is -2.18. The van der Waals surface area contributed by atoms with Crippen LogP contribution in [0.25, 0.3) is 0 Å². The monoisotopic (exact) mass is 821 g/mol. The van der Waals surface area contributed by atoms with Crippen molar-refractivity contribution in [3.05, 3.63) is 0 Å². The molecule has 344 valence electrons. The zero-order valence-corrected chi connectivity index (χ0v) is 39.8. The van der Waals surface area contributed by atoms with E-state index in [1.165, 1.54) is 161 Å². The maximum Gasteiger partial charge on any atom is 0.306 e. The molecule has 0 amide bonds. The van der Waals surface area contributed by atoms with Crippen LogP contribution in [0, 0.1) is 17.8 Å². The minimum absolute atomic E-state index is 0.0658. The Morgan fingerprint density at radius 1 is 0.345 bits per heavy atom. The van der Waals surface area contributed by atoms with Crippen LogP contribution >= 0.6 is 0 Å². The summed E-state index contributed by atoms with van der Waals surface area (Å²) in [4.78, 5) is 37.9. The maximum atomic E-state index is 12.8. The normalized spacial score (nSPS) is 13.1. The zero-order valence-electron chi connectivity index (χ0n) is 39.8. The van der Waals surface area contributed by atoms with Crippen molar-refractivity contribution in [2.75, 3.05) is 13.2 Å². The van der Waals surface area contributed by atoms with Crippen LogP contribution in [0.3, 0.4) is 0 Å². The molecule has 0 heterocycles. The van der Waals surface area contributed by atoms with E-state index < -0.39 is 6.10 Å². The molecular formula is C52H100O6. The molecule has 2 unspecified atom stereocenters. The Bertz CT molecular complexity index is 902. The zero-order chi connectivity index (χ0) is 42.7. The lowest BCUT2D eigenvalue weighted by molar-refractivity contribution is -0.167. The van der Waals surface area contributed by atoms with E-state index in [-0.39, 0.29) is 31.1 Å². The van der Waals surface area contributed by atoms with Gasteiger partial charge in [-0.2, -0.15) is 0 Å². The summed E-state index contributed by atoms with van der Waals surface area (Å²) in [5.41, 5.74) is 0. The summed E-state index contributed by atoms with van der Waals surface area (Å²) in [6.07, 6.45) is 42.3. The van der Waals surface area contributed by atoms with Crippen molar-refractivity contribution in [3.8, 4) is 0 Å². The Hall–Kier alpha value is -1.59. The number of hydrogen-bond acceptors (Lipinski definition) is 6. The Morgan fingerprint density at radius 2 is 0.603 bits per heavy atom. The average molecular weight is 821 g/mol. The van der Waals surface area contributed by atoms with E-state index in [2.05, 4.69) is 41.5 Å².